The van der Waals surface area contributed by atoms with Crippen molar-refractivity contribution in [1.29, 1.82) is 0 Å². The lowest BCUT2D eigenvalue weighted by molar-refractivity contribution is -0.0778. The van der Waals surface area contributed by atoms with Gasteiger partial charge in [-0.3, -0.25) is 14.7 Å². The molecule has 0 bridgehead atoms. The van der Waals surface area contributed by atoms with E-state index in [9.17, 15) is 4.79 Å². The second-order valence-electron chi connectivity index (χ2n) is 5.81. The molecule has 0 aliphatic carbocycles. The summed E-state index contributed by atoms with van der Waals surface area (Å²) in [5.74, 6) is -0.177. The van der Waals surface area contributed by atoms with Crippen LogP contribution in [0.5, 0.6) is 0 Å². The molecule has 6 heteroatoms. The van der Waals surface area contributed by atoms with Crippen molar-refractivity contribution in [3.8, 4) is 0 Å². The number of ether oxygens (including phenoxy) is 1. The number of aryl methyl sites for hydroxylation is 1. The van der Waals surface area contributed by atoms with Crippen molar-refractivity contribution in [2.45, 2.75) is 45.9 Å². The monoisotopic (exact) mass is 292 g/mol. The van der Waals surface area contributed by atoms with Gasteiger partial charge in [0.25, 0.3) is 5.91 Å². The van der Waals surface area contributed by atoms with E-state index in [1.54, 1.807) is 6.20 Å². The molecule has 6 nitrogen and oxygen atoms in total. The molecule has 116 valence electrons. The maximum absolute atomic E-state index is 12.0. The smallest absolute Gasteiger partial charge is 0.271 e. The summed E-state index contributed by atoms with van der Waals surface area (Å²) in [4.78, 5) is 22.5. The van der Waals surface area contributed by atoms with Gasteiger partial charge in [0.1, 0.15) is 5.69 Å². The van der Waals surface area contributed by atoms with Crippen LogP contribution in [0.3, 0.4) is 0 Å². The van der Waals surface area contributed by atoms with Crippen molar-refractivity contribution in [3.05, 3.63) is 23.8 Å². The van der Waals surface area contributed by atoms with E-state index in [2.05, 4.69) is 41.0 Å². The van der Waals surface area contributed by atoms with Crippen molar-refractivity contribution < 1.29 is 9.53 Å². The summed E-state index contributed by atoms with van der Waals surface area (Å²) in [7, 11) is 0. The number of rotatable bonds is 4. The number of nitrogens with zero attached hydrogens (tertiary/aromatic N) is 3. The minimum atomic E-state index is -0.177. The fraction of sp³-hybridized carbons (Fsp3) is 0.667. The average Bonchev–Trinajstić information content (AvgIpc) is 2.44. The highest BCUT2D eigenvalue weighted by Crippen LogP contribution is 2.13. The molecule has 0 aromatic carbocycles. The lowest BCUT2D eigenvalue weighted by Gasteiger charge is -2.38. The topological polar surface area (TPSA) is 67.4 Å². The van der Waals surface area contributed by atoms with Crippen LogP contribution in [-0.4, -0.2) is 58.7 Å². The first-order valence-corrected chi connectivity index (χ1v) is 7.42. The normalized spacial score (nSPS) is 24.6. The molecule has 0 spiro atoms. The van der Waals surface area contributed by atoms with Crippen LogP contribution >= 0.6 is 0 Å². The molecule has 2 heterocycles. The first-order chi connectivity index (χ1) is 9.95. The van der Waals surface area contributed by atoms with Crippen molar-refractivity contribution in [2.24, 2.45) is 0 Å². The second-order valence-corrected chi connectivity index (χ2v) is 5.81. The maximum atomic E-state index is 12.0. The zero-order valence-electron chi connectivity index (χ0n) is 13.2. The van der Waals surface area contributed by atoms with E-state index in [1.165, 1.54) is 6.20 Å². The van der Waals surface area contributed by atoms with E-state index in [4.69, 9.17) is 4.74 Å². The zero-order valence-corrected chi connectivity index (χ0v) is 13.2. The van der Waals surface area contributed by atoms with Gasteiger partial charge in [0.2, 0.25) is 0 Å². The number of carbonyl (C=O) groups excluding carboxylic acids is 1. The molecule has 21 heavy (non-hydrogen) atoms. The highest BCUT2D eigenvalue weighted by molar-refractivity contribution is 5.91. The van der Waals surface area contributed by atoms with Crippen molar-refractivity contribution >= 4 is 5.91 Å². The molecule has 1 aliphatic rings. The summed E-state index contributed by atoms with van der Waals surface area (Å²) in [6.45, 7) is 10.5. The van der Waals surface area contributed by atoms with Gasteiger partial charge >= 0.3 is 0 Å². The molecule has 0 unspecified atom stereocenters. The van der Waals surface area contributed by atoms with Crippen molar-refractivity contribution in [3.63, 3.8) is 0 Å². The zero-order chi connectivity index (χ0) is 15.4. The molecule has 1 saturated heterocycles. The molecule has 1 N–H and O–H groups in total. The van der Waals surface area contributed by atoms with Crippen LogP contribution in [0.2, 0.25) is 0 Å². The summed E-state index contributed by atoms with van der Waals surface area (Å²) in [5.41, 5.74) is 1.16. The van der Waals surface area contributed by atoms with E-state index in [0.29, 0.717) is 12.2 Å². The Morgan fingerprint density at radius 2 is 2.05 bits per heavy atom. The van der Waals surface area contributed by atoms with Crippen LogP contribution in [-0.2, 0) is 4.74 Å². The molecule has 3 atom stereocenters. The Morgan fingerprint density at radius 1 is 1.38 bits per heavy atom. The minimum Gasteiger partial charge on any atom is -0.373 e. The third-order valence-corrected chi connectivity index (χ3v) is 3.64. The summed E-state index contributed by atoms with van der Waals surface area (Å²) in [6.07, 6.45) is 3.57. The van der Waals surface area contributed by atoms with E-state index >= 15 is 0 Å². The Kier molecular flexibility index (Phi) is 5.25. The molecule has 1 aromatic rings. The van der Waals surface area contributed by atoms with E-state index in [-0.39, 0.29) is 24.2 Å². The highest BCUT2D eigenvalue weighted by Gasteiger charge is 2.25. The van der Waals surface area contributed by atoms with Gasteiger partial charge in [0, 0.05) is 31.9 Å². The summed E-state index contributed by atoms with van der Waals surface area (Å²) in [6, 6.07) is 0.265. The quantitative estimate of drug-likeness (QED) is 0.897. The van der Waals surface area contributed by atoms with Crippen LogP contribution in [0, 0.1) is 6.92 Å². The first-order valence-electron chi connectivity index (χ1n) is 7.42. The van der Waals surface area contributed by atoms with Crippen LogP contribution in [0.25, 0.3) is 0 Å². The van der Waals surface area contributed by atoms with Crippen LogP contribution in [0.15, 0.2) is 12.4 Å². The van der Waals surface area contributed by atoms with E-state index in [1.807, 2.05) is 6.92 Å². The standard InChI is InChI=1S/C15H24N4O2/c1-10-5-17-14(7-16-10)15(20)18-6-11(2)19-8-12(3)21-13(4)9-19/h5,7,11-13H,6,8-9H2,1-4H3,(H,18,20)/t11-,12-,13+/m0/s1. The molecule has 1 aromatic heterocycles. The number of carbonyl (C=O) groups is 1. The fourth-order valence-electron chi connectivity index (χ4n) is 2.55. The Labute approximate surface area is 125 Å². The Hall–Kier alpha value is -1.53. The fourth-order valence-corrected chi connectivity index (χ4v) is 2.55. The van der Waals surface area contributed by atoms with Crippen LogP contribution < -0.4 is 5.32 Å². The maximum Gasteiger partial charge on any atom is 0.271 e. The predicted octanol–water partition coefficient (Wildman–Crippen LogP) is 1.01. The van der Waals surface area contributed by atoms with E-state index in [0.717, 1.165) is 18.8 Å². The third-order valence-electron chi connectivity index (χ3n) is 3.64. The Morgan fingerprint density at radius 3 is 2.62 bits per heavy atom. The molecule has 1 fully saturated rings. The number of morpholine rings is 1. The lowest BCUT2D eigenvalue weighted by atomic mass is 10.1. The first kappa shape index (κ1) is 15.9. The van der Waals surface area contributed by atoms with Gasteiger partial charge in [0.15, 0.2) is 0 Å². The van der Waals surface area contributed by atoms with Crippen LogP contribution in [0.1, 0.15) is 37.0 Å². The van der Waals surface area contributed by atoms with Gasteiger partial charge in [-0.2, -0.15) is 0 Å². The molecule has 0 saturated carbocycles. The van der Waals surface area contributed by atoms with E-state index < -0.39 is 0 Å². The number of aromatic nitrogens is 2. The molecular weight excluding hydrogens is 268 g/mol. The largest absolute Gasteiger partial charge is 0.373 e. The van der Waals surface area contributed by atoms with Crippen molar-refractivity contribution in [2.75, 3.05) is 19.6 Å². The summed E-state index contributed by atoms with van der Waals surface area (Å²) >= 11 is 0. The number of hydrogen-bond donors (Lipinski definition) is 1. The number of hydrogen-bond acceptors (Lipinski definition) is 5. The molecule has 2 rings (SSSR count). The third kappa shape index (κ3) is 4.47. The summed E-state index contributed by atoms with van der Waals surface area (Å²) in [5, 5.41) is 2.92. The van der Waals surface area contributed by atoms with Gasteiger partial charge in [-0.05, 0) is 27.7 Å². The number of amides is 1. The van der Waals surface area contributed by atoms with Crippen LogP contribution in [0.4, 0.5) is 0 Å². The highest BCUT2D eigenvalue weighted by atomic mass is 16.5. The SMILES string of the molecule is Cc1cnc(C(=O)NC[C@H](C)N2C[C@@H](C)O[C@@H](C)C2)cn1. The molecule has 1 aliphatic heterocycles. The second kappa shape index (κ2) is 6.95. The summed E-state index contributed by atoms with van der Waals surface area (Å²) < 4.78 is 5.73. The Bertz CT molecular complexity index is 467. The minimum absolute atomic E-state index is 0.177. The molecule has 0 radical (unpaired) electrons. The van der Waals surface area contributed by atoms with Gasteiger partial charge < -0.3 is 10.1 Å². The van der Waals surface area contributed by atoms with Gasteiger partial charge in [-0.25, -0.2) is 4.98 Å². The number of nitrogens with one attached hydrogen (secondary N) is 1. The molecular formula is C15H24N4O2. The van der Waals surface area contributed by atoms with Crippen molar-refractivity contribution in [1.82, 2.24) is 20.2 Å². The molecule has 1 amide bonds. The Balaban J connectivity index is 1.84. The van der Waals surface area contributed by atoms with Gasteiger partial charge in [-0.1, -0.05) is 0 Å². The average molecular weight is 292 g/mol. The van der Waals surface area contributed by atoms with Gasteiger partial charge in [-0.15, -0.1) is 0 Å². The lowest BCUT2D eigenvalue weighted by Crippen LogP contribution is -2.52. The predicted molar refractivity (Wildman–Crippen MR) is 80.1 cm³/mol. The van der Waals surface area contributed by atoms with Gasteiger partial charge in [0.05, 0.1) is 24.1 Å².